The van der Waals surface area contributed by atoms with Gasteiger partial charge >= 0.3 is 5.97 Å². The minimum absolute atomic E-state index is 0.220. The summed E-state index contributed by atoms with van der Waals surface area (Å²) >= 11 is 0. The first-order chi connectivity index (χ1) is 7.20. The average molecular weight is 203 g/mol. The molecule has 1 N–H and O–H groups in total. The first-order valence-corrected chi connectivity index (χ1v) is 4.44. The molecule has 0 aliphatic carbocycles. The minimum Gasteiger partial charge on any atom is -0.478 e. The van der Waals surface area contributed by atoms with E-state index >= 15 is 0 Å². The molecule has 2 rings (SSSR count). The quantitative estimate of drug-likeness (QED) is 0.813. The van der Waals surface area contributed by atoms with Crippen molar-refractivity contribution in [2.45, 2.75) is 6.92 Å². The number of aromatic nitrogens is 1. The Morgan fingerprint density at radius 3 is 2.73 bits per heavy atom. The van der Waals surface area contributed by atoms with Gasteiger partial charge in [0.2, 0.25) is 0 Å². The molecule has 1 aromatic carbocycles. The molecule has 0 amide bonds. The Hall–Kier alpha value is -2.10. The van der Waals surface area contributed by atoms with Gasteiger partial charge in [0.15, 0.2) is 5.76 Å². The van der Waals surface area contributed by atoms with E-state index in [1.807, 2.05) is 6.92 Å². The van der Waals surface area contributed by atoms with Crippen molar-refractivity contribution in [1.29, 1.82) is 0 Å². The summed E-state index contributed by atoms with van der Waals surface area (Å²) in [5.74, 6) is -0.464. The van der Waals surface area contributed by atoms with Crippen molar-refractivity contribution in [3.8, 4) is 11.3 Å². The van der Waals surface area contributed by atoms with Crippen LogP contribution in [0.4, 0.5) is 0 Å². The molecule has 1 heterocycles. The number of aryl methyl sites for hydroxylation is 1. The van der Waals surface area contributed by atoms with E-state index in [4.69, 9.17) is 9.63 Å². The van der Waals surface area contributed by atoms with Gasteiger partial charge in [0.25, 0.3) is 0 Å². The maximum Gasteiger partial charge on any atom is 0.336 e. The van der Waals surface area contributed by atoms with Crippen LogP contribution < -0.4 is 0 Å². The number of benzene rings is 1. The number of carbonyl (C=O) groups is 1. The van der Waals surface area contributed by atoms with Crippen molar-refractivity contribution in [3.05, 3.63) is 41.6 Å². The summed E-state index contributed by atoms with van der Waals surface area (Å²) in [5.41, 5.74) is 1.60. The van der Waals surface area contributed by atoms with E-state index in [2.05, 4.69) is 5.16 Å². The van der Waals surface area contributed by atoms with Crippen LogP contribution in [0.5, 0.6) is 0 Å². The molecular formula is C11H9NO3. The van der Waals surface area contributed by atoms with Gasteiger partial charge in [0.1, 0.15) is 0 Å². The second-order valence-electron chi connectivity index (χ2n) is 3.19. The second-order valence-corrected chi connectivity index (χ2v) is 3.19. The third-order valence-corrected chi connectivity index (χ3v) is 2.15. The lowest BCUT2D eigenvalue weighted by atomic mass is 10.0. The van der Waals surface area contributed by atoms with E-state index in [1.165, 1.54) is 0 Å². The third-order valence-electron chi connectivity index (χ3n) is 2.15. The zero-order valence-corrected chi connectivity index (χ0v) is 8.10. The van der Waals surface area contributed by atoms with E-state index in [1.54, 1.807) is 30.5 Å². The summed E-state index contributed by atoms with van der Waals surface area (Å²) in [6.45, 7) is 1.82. The number of rotatable bonds is 2. The molecule has 4 nitrogen and oxygen atoms in total. The second kappa shape index (κ2) is 3.57. The highest BCUT2D eigenvalue weighted by atomic mass is 16.5. The molecule has 76 valence electrons. The predicted molar refractivity (Wildman–Crippen MR) is 53.6 cm³/mol. The molecule has 15 heavy (non-hydrogen) atoms. The van der Waals surface area contributed by atoms with Gasteiger partial charge < -0.3 is 9.63 Å². The molecule has 0 saturated heterocycles. The Morgan fingerprint density at radius 2 is 2.13 bits per heavy atom. The maximum absolute atomic E-state index is 11.0. The molecule has 0 radical (unpaired) electrons. The largest absolute Gasteiger partial charge is 0.478 e. The van der Waals surface area contributed by atoms with Crippen LogP contribution in [0.15, 0.2) is 35.0 Å². The third kappa shape index (κ3) is 1.61. The maximum atomic E-state index is 11.0. The van der Waals surface area contributed by atoms with Gasteiger partial charge in [-0.1, -0.05) is 23.4 Å². The number of hydrogen-bond donors (Lipinski definition) is 1. The molecule has 0 spiro atoms. The Labute approximate surface area is 86.1 Å². The van der Waals surface area contributed by atoms with Crippen LogP contribution in [0.2, 0.25) is 0 Å². The molecule has 0 fully saturated rings. The molecule has 0 unspecified atom stereocenters. The first-order valence-electron chi connectivity index (χ1n) is 4.44. The van der Waals surface area contributed by atoms with E-state index in [-0.39, 0.29) is 5.56 Å². The SMILES string of the molecule is Cc1cnoc1-c1ccccc1C(=O)O. The van der Waals surface area contributed by atoms with E-state index in [9.17, 15) is 4.79 Å². The van der Waals surface area contributed by atoms with Crippen LogP contribution in [0, 0.1) is 6.92 Å². The summed E-state index contributed by atoms with van der Waals surface area (Å²) in [7, 11) is 0. The van der Waals surface area contributed by atoms with Gasteiger partial charge in [0, 0.05) is 11.1 Å². The predicted octanol–water partition coefficient (Wildman–Crippen LogP) is 2.35. The van der Waals surface area contributed by atoms with Crippen LogP contribution in [0.3, 0.4) is 0 Å². The summed E-state index contributed by atoms with van der Waals surface area (Å²) in [6, 6.07) is 6.69. The molecule has 2 aromatic rings. The van der Waals surface area contributed by atoms with E-state index in [0.717, 1.165) is 5.56 Å². The standard InChI is InChI=1S/C11H9NO3/c1-7-6-12-15-10(7)8-4-2-3-5-9(8)11(13)14/h2-6H,1H3,(H,13,14). The summed E-state index contributed by atoms with van der Waals surface area (Å²) < 4.78 is 5.03. The Balaban J connectivity index is 2.63. The molecule has 0 aliphatic heterocycles. The van der Waals surface area contributed by atoms with Crippen LogP contribution in [-0.4, -0.2) is 16.2 Å². The van der Waals surface area contributed by atoms with Crippen LogP contribution in [0.25, 0.3) is 11.3 Å². The average Bonchev–Trinajstić information content (AvgIpc) is 2.64. The van der Waals surface area contributed by atoms with Gasteiger partial charge in [-0.25, -0.2) is 4.79 Å². The van der Waals surface area contributed by atoms with E-state index < -0.39 is 5.97 Å². The van der Waals surface area contributed by atoms with Crippen molar-refractivity contribution >= 4 is 5.97 Å². The molecule has 4 heteroatoms. The zero-order chi connectivity index (χ0) is 10.8. The van der Waals surface area contributed by atoms with Gasteiger partial charge in [0.05, 0.1) is 11.8 Å². The Morgan fingerprint density at radius 1 is 1.40 bits per heavy atom. The monoisotopic (exact) mass is 203 g/mol. The fourth-order valence-electron chi connectivity index (χ4n) is 1.42. The number of nitrogens with zero attached hydrogens (tertiary/aromatic N) is 1. The van der Waals surface area contributed by atoms with Gasteiger partial charge in [-0.3, -0.25) is 0 Å². The summed E-state index contributed by atoms with van der Waals surface area (Å²) in [6.07, 6.45) is 1.56. The zero-order valence-electron chi connectivity index (χ0n) is 8.10. The van der Waals surface area contributed by atoms with Crippen molar-refractivity contribution < 1.29 is 14.4 Å². The Bertz CT molecular complexity index is 502. The van der Waals surface area contributed by atoms with Crippen LogP contribution in [0.1, 0.15) is 15.9 Å². The molecule has 0 bridgehead atoms. The van der Waals surface area contributed by atoms with E-state index in [0.29, 0.717) is 11.3 Å². The highest BCUT2D eigenvalue weighted by Crippen LogP contribution is 2.26. The highest BCUT2D eigenvalue weighted by Gasteiger charge is 2.15. The first kappa shape index (κ1) is 9.45. The van der Waals surface area contributed by atoms with Gasteiger partial charge in [-0.15, -0.1) is 0 Å². The molecular weight excluding hydrogens is 194 g/mol. The molecule has 0 aliphatic rings. The van der Waals surface area contributed by atoms with Crippen LogP contribution >= 0.6 is 0 Å². The minimum atomic E-state index is -0.971. The normalized spacial score (nSPS) is 10.2. The number of hydrogen-bond acceptors (Lipinski definition) is 3. The highest BCUT2D eigenvalue weighted by molar-refractivity contribution is 5.95. The lowest BCUT2D eigenvalue weighted by molar-refractivity contribution is 0.0697. The Kier molecular flexibility index (Phi) is 2.25. The summed E-state index contributed by atoms with van der Waals surface area (Å²) in [5, 5.41) is 12.6. The molecule has 0 saturated carbocycles. The lowest BCUT2D eigenvalue weighted by Gasteiger charge is -2.02. The van der Waals surface area contributed by atoms with Crippen molar-refractivity contribution in [3.63, 3.8) is 0 Å². The van der Waals surface area contributed by atoms with Crippen LogP contribution in [-0.2, 0) is 0 Å². The van der Waals surface area contributed by atoms with Crippen molar-refractivity contribution in [1.82, 2.24) is 5.16 Å². The lowest BCUT2D eigenvalue weighted by Crippen LogP contribution is -1.98. The fourth-order valence-corrected chi connectivity index (χ4v) is 1.42. The number of carboxylic acids is 1. The van der Waals surface area contributed by atoms with Gasteiger partial charge in [-0.2, -0.15) is 0 Å². The number of carboxylic acid groups (broad SMARTS) is 1. The molecule has 1 aromatic heterocycles. The van der Waals surface area contributed by atoms with Crippen molar-refractivity contribution in [2.24, 2.45) is 0 Å². The van der Waals surface area contributed by atoms with Crippen molar-refractivity contribution in [2.75, 3.05) is 0 Å². The smallest absolute Gasteiger partial charge is 0.336 e. The summed E-state index contributed by atoms with van der Waals surface area (Å²) in [4.78, 5) is 11.0. The molecule has 0 atom stereocenters. The fraction of sp³-hybridized carbons (Fsp3) is 0.0909. The van der Waals surface area contributed by atoms with Gasteiger partial charge in [-0.05, 0) is 13.0 Å². The topological polar surface area (TPSA) is 63.3 Å². The number of aromatic carboxylic acids is 1.